The lowest BCUT2D eigenvalue weighted by Crippen LogP contribution is -2.36. The smallest absolute Gasteiger partial charge is 0.263 e. The summed E-state index contributed by atoms with van der Waals surface area (Å²) in [5.41, 5.74) is 8.86. The second kappa shape index (κ2) is 10.4. The summed E-state index contributed by atoms with van der Waals surface area (Å²) in [6.07, 6.45) is 3.89. The second-order valence-electron chi connectivity index (χ2n) is 7.88. The van der Waals surface area contributed by atoms with Gasteiger partial charge >= 0.3 is 0 Å². The number of amidine groups is 1. The van der Waals surface area contributed by atoms with Gasteiger partial charge in [0, 0.05) is 18.3 Å². The van der Waals surface area contributed by atoms with Crippen molar-refractivity contribution < 1.29 is 18.6 Å². The van der Waals surface area contributed by atoms with Gasteiger partial charge in [-0.05, 0) is 42.3 Å². The van der Waals surface area contributed by atoms with E-state index in [2.05, 4.69) is 6.58 Å². The van der Waals surface area contributed by atoms with Crippen LogP contribution in [0.1, 0.15) is 36.1 Å². The Morgan fingerprint density at radius 3 is 2.52 bits per heavy atom. The van der Waals surface area contributed by atoms with Crippen molar-refractivity contribution in [1.29, 1.82) is 0 Å². The van der Waals surface area contributed by atoms with Crippen LogP contribution < -0.4 is 10.5 Å². The van der Waals surface area contributed by atoms with Crippen LogP contribution in [0, 0.1) is 0 Å². The average molecular weight is 454 g/mol. The van der Waals surface area contributed by atoms with Crippen LogP contribution in [-0.4, -0.2) is 42.1 Å². The summed E-state index contributed by atoms with van der Waals surface area (Å²) in [4.78, 5) is 6.99. The first kappa shape index (κ1) is 24.2. The summed E-state index contributed by atoms with van der Waals surface area (Å²) in [6, 6.07) is 11.3. The van der Waals surface area contributed by atoms with Gasteiger partial charge in [0.15, 0.2) is 0 Å². The first-order valence-corrected chi connectivity index (χ1v) is 10.6. The molecule has 1 aliphatic rings. The van der Waals surface area contributed by atoms with E-state index in [0.717, 1.165) is 11.1 Å². The Hall–Kier alpha value is -3.45. The monoisotopic (exact) mass is 453 g/mol. The summed E-state index contributed by atoms with van der Waals surface area (Å²) < 4.78 is 31.9. The van der Waals surface area contributed by atoms with Gasteiger partial charge in [-0.15, -0.1) is 0 Å². The van der Waals surface area contributed by atoms with Gasteiger partial charge in [-0.25, -0.2) is 8.78 Å². The minimum atomic E-state index is -2.60. The molecule has 0 spiro atoms. The van der Waals surface area contributed by atoms with E-state index < -0.39 is 12.5 Å². The van der Waals surface area contributed by atoms with Gasteiger partial charge in [0.05, 0.1) is 24.8 Å². The molecule has 3 rings (SSSR count). The highest BCUT2D eigenvalue weighted by Crippen LogP contribution is 2.39. The predicted octanol–water partition coefficient (Wildman–Crippen LogP) is 5.07. The Balaban J connectivity index is 2.15. The van der Waals surface area contributed by atoms with Crippen molar-refractivity contribution in [1.82, 2.24) is 4.90 Å². The van der Waals surface area contributed by atoms with Crippen molar-refractivity contribution in [2.24, 2.45) is 4.99 Å². The Morgan fingerprint density at radius 2 is 1.94 bits per heavy atom. The molecule has 0 aliphatic carbocycles. The molecule has 0 radical (unpaired) electrons. The highest BCUT2D eigenvalue weighted by atomic mass is 19.3. The third-order valence-electron chi connectivity index (χ3n) is 5.53. The zero-order valence-corrected chi connectivity index (χ0v) is 19.0. The molecule has 0 aromatic heterocycles. The van der Waals surface area contributed by atoms with Gasteiger partial charge in [-0.3, -0.25) is 4.99 Å². The molecule has 2 aromatic rings. The van der Waals surface area contributed by atoms with E-state index in [1.807, 2.05) is 48.4 Å². The van der Waals surface area contributed by atoms with Crippen LogP contribution in [0.25, 0.3) is 0 Å². The number of ether oxygens (including phenoxy) is 1. The summed E-state index contributed by atoms with van der Waals surface area (Å²) in [5.74, 6) is 0.934. The second-order valence-corrected chi connectivity index (χ2v) is 7.88. The highest BCUT2D eigenvalue weighted by molar-refractivity contribution is 6.03. The number of nitrogens with zero attached hydrogens (tertiary/aromatic N) is 2. The van der Waals surface area contributed by atoms with Crippen LogP contribution in [0.3, 0.4) is 0 Å². The number of hydrogen-bond acceptors (Lipinski definition) is 5. The zero-order chi connectivity index (χ0) is 24.1. The number of aliphatic imine (C=N–C) groups is 1. The first-order chi connectivity index (χ1) is 15.8. The van der Waals surface area contributed by atoms with E-state index in [9.17, 15) is 13.9 Å². The quantitative estimate of drug-likeness (QED) is 0.433. The molecule has 7 heteroatoms. The molecule has 0 amide bonds. The molecular formula is C26H29F2N3O2. The molecule has 0 saturated carbocycles. The van der Waals surface area contributed by atoms with Gasteiger partial charge < -0.3 is 20.5 Å². The summed E-state index contributed by atoms with van der Waals surface area (Å²) in [7, 11) is 3.35. The summed E-state index contributed by atoms with van der Waals surface area (Å²) in [5, 5.41) is 9.79. The third-order valence-corrected chi connectivity index (χ3v) is 5.53. The van der Waals surface area contributed by atoms with Crippen LogP contribution in [-0.2, 0) is 0 Å². The van der Waals surface area contributed by atoms with Crippen LogP contribution in [0.5, 0.6) is 5.75 Å². The average Bonchev–Trinajstić information content (AvgIpc) is 3.13. The van der Waals surface area contributed by atoms with E-state index >= 15 is 0 Å². The molecule has 33 heavy (non-hydrogen) atoms. The summed E-state index contributed by atoms with van der Waals surface area (Å²) in [6.45, 7) is 5.50. The van der Waals surface area contributed by atoms with Crippen LogP contribution in [0.15, 0.2) is 83.9 Å². The van der Waals surface area contributed by atoms with E-state index in [4.69, 9.17) is 15.5 Å². The lowest BCUT2D eigenvalue weighted by molar-refractivity contribution is 0.151. The number of benzene rings is 2. The number of halogens is 2. The van der Waals surface area contributed by atoms with E-state index in [-0.39, 0.29) is 17.6 Å². The predicted molar refractivity (Wildman–Crippen MR) is 129 cm³/mol. The van der Waals surface area contributed by atoms with Crippen molar-refractivity contribution in [2.45, 2.75) is 31.5 Å². The fourth-order valence-corrected chi connectivity index (χ4v) is 3.92. The van der Waals surface area contributed by atoms with Crippen molar-refractivity contribution in [2.75, 3.05) is 19.9 Å². The molecule has 0 bridgehead atoms. The van der Waals surface area contributed by atoms with Gasteiger partial charge in [-0.2, -0.15) is 0 Å². The number of rotatable bonds is 8. The van der Waals surface area contributed by atoms with Crippen LogP contribution in [0.4, 0.5) is 14.5 Å². The molecule has 3 atom stereocenters. The third kappa shape index (κ3) is 5.31. The molecule has 5 nitrogen and oxygen atoms in total. The molecule has 0 saturated heterocycles. The number of aliphatic hydroxyl groups is 1. The molecule has 0 fully saturated rings. The molecule has 2 aromatic carbocycles. The van der Waals surface area contributed by atoms with E-state index in [1.165, 1.54) is 19.2 Å². The summed E-state index contributed by atoms with van der Waals surface area (Å²) >= 11 is 0. The number of nitrogens with two attached hydrogens (primary N) is 1. The molecule has 1 aliphatic heterocycles. The Kier molecular flexibility index (Phi) is 7.66. The number of allylic oxidation sites excluding steroid dienone is 2. The number of nitrogen functional groups attached to an aromatic ring is 1. The molecule has 1 heterocycles. The Labute approximate surface area is 193 Å². The minimum absolute atomic E-state index is 0.115. The van der Waals surface area contributed by atoms with Gasteiger partial charge in [0.2, 0.25) is 0 Å². The maximum Gasteiger partial charge on any atom is 0.263 e. The van der Waals surface area contributed by atoms with E-state index in [1.54, 1.807) is 25.1 Å². The number of alkyl halides is 2. The fraction of sp³-hybridized carbons (Fsp3) is 0.269. The van der Waals surface area contributed by atoms with Crippen LogP contribution >= 0.6 is 0 Å². The van der Waals surface area contributed by atoms with Crippen molar-refractivity contribution in [3.63, 3.8) is 0 Å². The molecule has 174 valence electrons. The van der Waals surface area contributed by atoms with Crippen LogP contribution in [0.2, 0.25) is 0 Å². The number of aliphatic hydroxyl groups excluding tert-OH is 1. The Morgan fingerprint density at radius 1 is 1.24 bits per heavy atom. The molecular weight excluding hydrogens is 424 g/mol. The fourth-order valence-electron chi connectivity index (χ4n) is 3.92. The molecule has 3 N–H and O–H groups in total. The standard InChI is InChI=1S/C26H29F2N3O2/c1-5-6-18(8-7-16(2)32)24-23(17-9-12-20(29)13-10-17)30-26(31(24)3)21-14-11-19(25(27)28)15-22(21)33-4/h5-16,23-25,32H,1,29H2,2-4H3/b8-7-,18-6+. The highest BCUT2D eigenvalue weighted by Gasteiger charge is 2.38. The van der Waals surface area contributed by atoms with Crippen molar-refractivity contribution in [3.05, 3.63) is 95.6 Å². The molecule has 3 unspecified atom stereocenters. The van der Waals surface area contributed by atoms with Crippen molar-refractivity contribution in [3.8, 4) is 5.75 Å². The van der Waals surface area contributed by atoms with Gasteiger partial charge in [0.25, 0.3) is 6.43 Å². The number of anilines is 1. The maximum atomic E-state index is 13.2. The SMILES string of the molecule is C=C/C=C(\C=C/C(C)O)C1C(c2ccc(N)cc2)N=C(c2ccc(C(F)F)cc2OC)N1C. The normalized spacial score (nSPS) is 19.8. The number of hydrogen-bond donors (Lipinski definition) is 2. The van der Waals surface area contributed by atoms with E-state index in [0.29, 0.717) is 22.8 Å². The topological polar surface area (TPSA) is 71.1 Å². The van der Waals surface area contributed by atoms with Crippen molar-refractivity contribution >= 4 is 11.5 Å². The first-order valence-electron chi connectivity index (χ1n) is 10.6. The Bertz CT molecular complexity index is 1080. The number of likely N-dealkylation sites (N-methyl/N-ethyl adjacent to an activating group) is 1. The minimum Gasteiger partial charge on any atom is -0.496 e. The zero-order valence-electron chi connectivity index (χ0n) is 19.0. The largest absolute Gasteiger partial charge is 0.496 e. The lowest BCUT2D eigenvalue weighted by atomic mass is 9.92. The maximum absolute atomic E-state index is 13.2. The lowest BCUT2D eigenvalue weighted by Gasteiger charge is -2.29. The van der Waals surface area contributed by atoms with Gasteiger partial charge in [-0.1, -0.05) is 49.1 Å². The number of methoxy groups -OCH3 is 1. The van der Waals surface area contributed by atoms with Gasteiger partial charge in [0.1, 0.15) is 17.6 Å².